The van der Waals surface area contributed by atoms with Crippen LogP contribution in [0.2, 0.25) is 0 Å². The van der Waals surface area contributed by atoms with Crippen LogP contribution in [0.1, 0.15) is 11.3 Å². The van der Waals surface area contributed by atoms with Gasteiger partial charge in [-0.2, -0.15) is 5.26 Å². The molecule has 0 aliphatic heterocycles. The van der Waals surface area contributed by atoms with E-state index in [1.807, 2.05) is 6.07 Å². The van der Waals surface area contributed by atoms with Crippen LogP contribution in [0.4, 0.5) is 5.69 Å². The fourth-order valence-electron chi connectivity index (χ4n) is 1.48. The number of nitrogens with zero attached hydrogens (tertiary/aromatic N) is 3. The van der Waals surface area contributed by atoms with Gasteiger partial charge < -0.3 is 4.74 Å². The van der Waals surface area contributed by atoms with Crippen molar-refractivity contribution >= 4 is 5.69 Å². The molecule has 0 atom stereocenters. The van der Waals surface area contributed by atoms with Crippen LogP contribution in [0, 0.1) is 28.4 Å². The summed E-state index contributed by atoms with van der Waals surface area (Å²) >= 11 is 0. The van der Waals surface area contributed by atoms with E-state index in [0.717, 1.165) is 5.56 Å². The molecule has 1 heterocycles. The number of non-ortho nitro benzene ring substituents is 1. The van der Waals surface area contributed by atoms with Crippen LogP contribution in [-0.4, -0.2) is 9.91 Å². The fraction of sp³-hybridized carbons (Fsp3) is 0.0769. The van der Waals surface area contributed by atoms with Crippen molar-refractivity contribution in [3.05, 3.63) is 57.9 Å². The second-order valence-corrected chi connectivity index (χ2v) is 3.80. The molecule has 2 rings (SSSR count). The van der Waals surface area contributed by atoms with Gasteiger partial charge in [-0.3, -0.25) is 10.1 Å². The highest BCUT2D eigenvalue weighted by Crippen LogP contribution is 2.28. The van der Waals surface area contributed by atoms with E-state index in [4.69, 9.17) is 10.00 Å². The van der Waals surface area contributed by atoms with Crippen molar-refractivity contribution in [1.29, 1.82) is 5.26 Å². The molecule has 0 fully saturated rings. The number of hydrogen-bond acceptors (Lipinski definition) is 5. The highest BCUT2D eigenvalue weighted by Gasteiger charge is 2.10. The second-order valence-electron chi connectivity index (χ2n) is 3.80. The first kappa shape index (κ1) is 12.5. The quantitative estimate of drug-likeness (QED) is 0.621. The number of nitro groups is 1. The minimum atomic E-state index is -0.487. The molecular weight excluding hydrogens is 246 g/mol. The van der Waals surface area contributed by atoms with Crippen molar-refractivity contribution in [2.24, 2.45) is 0 Å². The Morgan fingerprint density at radius 2 is 2.16 bits per heavy atom. The third-order valence-electron chi connectivity index (χ3n) is 2.46. The zero-order valence-corrected chi connectivity index (χ0v) is 10.0. The summed E-state index contributed by atoms with van der Waals surface area (Å²) in [6, 6.07) is 9.32. The molecule has 0 aliphatic rings. The Hall–Kier alpha value is -2.94. The minimum Gasteiger partial charge on any atom is -0.457 e. The van der Waals surface area contributed by atoms with Gasteiger partial charge in [0, 0.05) is 18.3 Å². The van der Waals surface area contributed by atoms with Gasteiger partial charge in [-0.25, -0.2) is 4.98 Å². The number of pyridine rings is 1. The van der Waals surface area contributed by atoms with Crippen LogP contribution in [0.5, 0.6) is 11.5 Å². The molecule has 0 bridgehead atoms. The van der Waals surface area contributed by atoms with E-state index in [2.05, 4.69) is 4.98 Å². The zero-order chi connectivity index (χ0) is 13.8. The Balaban J connectivity index is 2.34. The number of ether oxygens (including phenoxy) is 1. The Morgan fingerprint density at radius 3 is 2.84 bits per heavy atom. The lowest BCUT2D eigenvalue weighted by atomic mass is 10.2. The topological polar surface area (TPSA) is 89.1 Å². The van der Waals surface area contributed by atoms with Crippen LogP contribution >= 0.6 is 0 Å². The van der Waals surface area contributed by atoms with Crippen LogP contribution < -0.4 is 4.74 Å². The fourth-order valence-corrected chi connectivity index (χ4v) is 1.48. The van der Waals surface area contributed by atoms with Crippen molar-refractivity contribution < 1.29 is 9.66 Å². The summed E-state index contributed by atoms with van der Waals surface area (Å²) in [6.07, 6.45) is 1.45. The molecule has 1 aromatic carbocycles. The van der Waals surface area contributed by atoms with Crippen molar-refractivity contribution in [3.63, 3.8) is 0 Å². The molecule has 0 amide bonds. The lowest BCUT2D eigenvalue weighted by Gasteiger charge is -2.08. The first-order chi connectivity index (χ1) is 9.10. The van der Waals surface area contributed by atoms with E-state index in [9.17, 15) is 10.1 Å². The molecule has 0 saturated heterocycles. The van der Waals surface area contributed by atoms with Crippen molar-refractivity contribution in [2.45, 2.75) is 6.92 Å². The summed E-state index contributed by atoms with van der Waals surface area (Å²) in [6.45, 7) is 1.78. The van der Waals surface area contributed by atoms with Gasteiger partial charge in [-0.05, 0) is 24.6 Å². The number of rotatable bonds is 3. The molecule has 19 heavy (non-hydrogen) atoms. The average Bonchev–Trinajstić information content (AvgIpc) is 2.41. The molecule has 0 unspecified atom stereocenters. The zero-order valence-electron chi connectivity index (χ0n) is 10.0. The van der Waals surface area contributed by atoms with E-state index in [0.29, 0.717) is 11.5 Å². The van der Waals surface area contributed by atoms with E-state index in [-0.39, 0.29) is 11.4 Å². The normalized spacial score (nSPS) is 9.68. The lowest BCUT2D eigenvalue weighted by molar-refractivity contribution is -0.384. The maximum Gasteiger partial charge on any atom is 0.273 e. The van der Waals surface area contributed by atoms with Gasteiger partial charge in [0.05, 0.1) is 11.0 Å². The van der Waals surface area contributed by atoms with E-state index in [1.165, 1.54) is 24.4 Å². The van der Waals surface area contributed by atoms with Gasteiger partial charge in [-0.15, -0.1) is 0 Å². The van der Waals surface area contributed by atoms with E-state index >= 15 is 0 Å². The van der Waals surface area contributed by atoms with Crippen LogP contribution in [0.3, 0.4) is 0 Å². The highest BCUT2D eigenvalue weighted by molar-refractivity contribution is 5.46. The predicted molar refractivity (Wildman–Crippen MR) is 66.9 cm³/mol. The van der Waals surface area contributed by atoms with Crippen molar-refractivity contribution in [1.82, 2.24) is 4.98 Å². The smallest absolute Gasteiger partial charge is 0.273 e. The predicted octanol–water partition coefficient (Wildman–Crippen LogP) is 2.96. The SMILES string of the molecule is Cc1ccc([N+](=O)[O-])cc1Oc1ccnc(C#N)c1. The number of nitro benzene ring substituents is 1. The van der Waals surface area contributed by atoms with E-state index < -0.39 is 4.92 Å². The van der Waals surface area contributed by atoms with Gasteiger partial charge in [0.25, 0.3) is 5.69 Å². The van der Waals surface area contributed by atoms with Gasteiger partial charge >= 0.3 is 0 Å². The lowest BCUT2D eigenvalue weighted by Crippen LogP contribution is -1.93. The molecule has 0 saturated carbocycles. The number of aryl methyl sites for hydroxylation is 1. The summed E-state index contributed by atoms with van der Waals surface area (Å²) in [7, 11) is 0. The van der Waals surface area contributed by atoms with Gasteiger partial charge in [-0.1, -0.05) is 0 Å². The minimum absolute atomic E-state index is 0.0461. The number of aromatic nitrogens is 1. The van der Waals surface area contributed by atoms with Crippen LogP contribution in [-0.2, 0) is 0 Å². The van der Waals surface area contributed by atoms with Gasteiger partial charge in [0.1, 0.15) is 23.3 Å². The summed E-state index contributed by atoms with van der Waals surface area (Å²) in [5.41, 5.74) is 0.941. The molecule has 6 heteroatoms. The Kier molecular flexibility index (Phi) is 3.39. The van der Waals surface area contributed by atoms with Crippen molar-refractivity contribution in [2.75, 3.05) is 0 Å². The van der Waals surface area contributed by atoms with Crippen molar-refractivity contribution in [3.8, 4) is 17.6 Å². The number of nitriles is 1. The first-order valence-corrected chi connectivity index (χ1v) is 5.39. The Morgan fingerprint density at radius 1 is 1.37 bits per heavy atom. The largest absolute Gasteiger partial charge is 0.457 e. The van der Waals surface area contributed by atoms with Crippen LogP contribution in [0.15, 0.2) is 36.5 Å². The molecular formula is C13H9N3O3. The molecule has 1 aromatic heterocycles. The second kappa shape index (κ2) is 5.14. The average molecular weight is 255 g/mol. The van der Waals surface area contributed by atoms with Gasteiger partial charge in [0.15, 0.2) is 0 Å². The summed E-state index contributed by atoms with van der Waals surface area (Å²) in [5.74, 6) is 0.791. The standard InChI is InChI=1S/C13H9N3O3/c1-9-2-3-11(16(17)18)7-13(9)19-12-4-5-15-10(6-12)8-14/h2-7H,1H3. The molecule has 94 valence electrons. The Bertz CT molecular complexity index is 677. The summed E-state index contributed by atoms with van der Waals surface area (Å²) in [5, 5.41) is 19.5. The molecule has 0 N–H and O–H groups in total. The third kappa shape index (κ3) is 2.84. The molecule has 0 aliphatic carbocycles. The maximum atomic E-state index is 10.7. The maximum absolute atomic E-state index is 10.7. The summed E-state index contributed by atoms with van der Waals surface area (Å²) < 4.78 is 5.55. The molecule has 0 radical (unpaired) electrons. The van der Waals surface area contributed by atoms with E-state index in [1.54, 1.807) is 19.1 Å². The molecule has 6 nitrogen and oxygen atoms in total. The number of benzene rings is 1. The molecule has 0 spiro atoms. The monoisotopic (exact) mass is 255 g/mol. The first-order valence-electron chi connectivity index (χ1n) is 5.39. The number of hydrogen-bond donors (Lipinski definition) is 0. The summed E-state index contributed by atoms with van der Waals surface area (Å²) in [4.78, 5) is 14.0. The van der Waals surface area contributed by atoms with Gasteiger partial charge in [0.2, 0.25) is 0 Å². The Labute approximate surface area is 109 Å². The highest BCUT2D eigenvalue weighted by atomic mass is 16.6. The molecule has 2 aromatic rings. The van der Waals surface area contributed by atoms with Crippen LogP contribution in [0.25, 0.3) is 0 Å². The third-order valence-corrected chi connectivity index (χ3v) is 2.46.